The molecule has 1 unspecified atom stereocenters. The van der Waals surface area contributed by atoms with Crippen molar-refractivity contribution >= 4 is 43.3 Å². The Labute approximate surface area is 119 Å². The Bertz CT molecular complexity index is 532. The van der Waals surface area contributed by atoms with Crippen LogP contribution in [0.25, 0.3) is 10.2 Å². The van der Waals surface area contributed by atoms with Crippen molar-refractivity contribution < 1.29 is 0 Å². The summed E-state index contributed by atoms with van der Waals surface area (Å²) in [6.07, 6.45) is 4.16. The monoisotopic (exact) mass is 325 g/mol. The molecule has 3 heterocycles. The summed E-state index contributed by atoms with van der Waals surface area (Å²) >= 11 is 5.39. The van der Waals surface area contributed by atoms with E-state index in [2.05, 4.69) is 49.2 Å². The molecule has 5 heteroatoms. The zero-order valence-corrected chi connectivity index (χ0v) is 12.7. The normalized spacial score (nSPS) is 19.3. The van der Waals surface area contributed by atoms with Crippen molar-refractivity contribution in [2.45, 2.75) is 24.6 Å². The van der Waals surface area contributed by atoms with Gasteiger partial charge in [-0.05, 0) is 30.2 Å². The predicted octanol–water partition coefficient (Wildman–Crippen LogP) is 3.69. The molecule has 3 rings (SSSR count). The Balaban J connectivity index is 1.82. The molecule has 3 nitrogen and oxygen atoms in total. The number of thiophene rings is 1. The van der Waals surface area contributed by atoms with Crippen LogP contribution in [0.4, 0.5) is 5.82 Å². The van der Waals surface area contributed by atoms with E-state index < -0.39 is 0 Å². The van der Waals surface area contributed by atoms with Gasteiger partial charge in [-0.2, -0.15) is 0 Å². The summed E-state index contributed by atoms with van der Waals surface area (Å²) in [7, 11) is 0. The molecule has 96 valence electrons. The highest BCUT2D eigenvalue weighted by molar-refractivity contribution is 9.09. The zero-order chi connectivity index (χ0) is 12.5. The Hall–Kier alpha value is -0.680. The molecule has 18 heavy (non-hydrogen) atoms. The molecule has 0 saturated carbocycles. The minimum Gasteiger partial charge on any atom is -0.356 e. The molecule has 2 aromatic heterocycles. The van der Waals surface area contributed by atoms with E-state index in [1.54, 1.807) is 17.7 Å². The number of fused-ring (bicyclic) bond motifs is 1. The van der Waals surface area contributed by atoms with Crippen LogP contribution in [0.15, 0.2) is 17.8 Å². The van der Waals surface area contributed by atoms with Crippen molar-refractivity contribution in [3.63, 3.8) is 0 Å². The van der Waals surface area contributed by atoms with Crippen LogP contribution in [0.5, 0.6) is 0 Å². The number of hydrogen-bond donors (Lipinski definition) is 0. The highest BCUT2D eigenvalue weighted by Gasteiger charge is 2.24. The van der Waals surface area contributed by atoms with Crippen LogP contribution in [0.3, 0.4) is 0 Å². The van der Waals surface area contributed by atoms with Crippen molar-refractivity contribution in [1.29, 1.82) is 0 Å². The summed E-state index contributed by atoms with van der Waals surface area (Å²) in [6, 6.07) is 2.13. The van der Waals surface area contributed by atoms with E-state index in [0.717, 1.165) is 29.7 Å². The van der Waals surface area contributed by atoms with E-state index in [4.69, 9.17) is 0 Å². The third-order valence-electron chi connectivity index (χ3n) is 3.73. The highest BCUT2D eigenvalue weighted by atomic mass is 79.9. The second-order valence-corrected chi connectivity index (χ2v) is 7.18. The standard InChI is InChI=1S/C13H16BrN3S/c1-9(14)10-2-5-17(6-3-10)12-11-4-7-18-13(11)16-8-15-12/h4,7-10H,2-3,5-6H2,1H3. The molecule has 0 aliphatic carbocycles. The lowest BCUT2D eigenvalue weighted by molar-refractivity contribution is 0.406. The lowest BCUT2D eigenvalue weighted by Crippen LogP contribution is -2.36. The maximum atomic E-state index is 4.48. The third-order valence-corrected chi connectivity index (χ3v) is 5.30. The quantitative estimate of drug-likeness (QED) is 0.788. The van der Waals surface area contributed by atoms with Gasteiger partial charge in [0.05, 0.1) is 5.39 Å². The summed E-state index contributed by atoms with van der Waals surface area (Å²) in [4.78, 5) is 12.9. The van der Waals surface area contributed by atoms with Gasteiger partial charge < -0.3 is 4.90 Å². The van der Waals surface area contributed by atoms with Crippen molar-refractivity contribution in [1.82, 2.24) is 9.97 Å². The maximum Gasteiger partial charge on any atom is 0.140 e. The fourth-order valence-electron chi connectivity index (χ4n) is 2.60. The van der Waals surface area contributed by atoms with Crippen molar-refractivity contribution in [3.05, 3.63) is 17.8 Å². The third kappa shape index (κ3) is 2.26. The number of aromatic nitrogens is 2. The Kier molecular flexibility index (Phi) is 3.52. The fraction of sp³-hybridized carbons (Fsp3) is 0.538. The summed E-state index contributed by atoms with van der Waals surface area (Å²) < 4.78 is 0. The minimum absolute atomic E-state index is 0.617. The second kappa shape index (κ2) is 5.13. The van der Waals surface area contributed by atoms with Crippen LogP contribution in [0, 0.1) is 5.92 Å². The van der Waals surface area contributed by atoms with Gasteiger partial charge in [0.2, 0.25) is 0 Å². The van der Waals surface area contributed by atoms with Crippen LogP contribution in [-0.2, 0) is 0 Å². The molecular formula is C13H16BrN3S. The molecule has 1 atom stereocenters. The first-order valence-electron chi connectivity index (χ1n) is 6.33. The van der Waals surface area contributed by atoms with Gasteiger partial charge in [-0.15, -0.1) is 11.3 Å². The van der Waals surface area contributed by atoms with Crippen LogP contribution in [-0.4, -0.2) is 27.9 Å². The van der Waals surface area contributed by atoms with Crippen molar-refractivity contribution in [2.24, 2.45) is 5.92 Å². The number of nitrogens with zero attached hydrogens (tertiary/aromatic N) is 3. The molecule has 0 spiro atoms. The van der Waals surface area contributed by atoms with Crippen LogP contribution >= 0.6 is 27.3 Å². The number of rotatable bonds is 2. The molecule has 0 N–H and O–H groups in total. The van der Waals surface area contributed by atoms with Gasteiger partial charge in [-0.25, -0.2) is 9.97 Å². The Morgan fingerprint density at radius 2 is 2.17 bits per heavy atom. The van der Waals surface area contributed by atoms with Gasteiger partial charge in [0, 0.05) is 17.9 Å². The van der Waals surface area contributed by atoms with E-state index in [0.29, 0.717) is 4.83 Å². The zero-order valence-electron chi connectivity index (χ0n) is 10.3. The van der Waals surface area contributed by atoms with Gasteiger partial charge in [0.15, 0.2) is 0 Å². The van der Waals surface area contributed by atoms with Gasteiger partial charge >= 0.3 is 0 Å². The largest absolute Gasteiger partial charge is 0.356 e. The van der Waals surface area contributed by atoms with Gasteiger partial charge in [-0.3, -0.25) is 0 Å². The summed E-state index contributed by atoms with van der Waals surface area (Å²) in [5.74, 6) is 1.91. The molecular weight excluding hydrogens is 310 g/mol. The summed E-state index contributed by atoms with van der Waals surface area (Å²) in [6.45, 7) is 4.45. The maximum absolute atomic E-state index is 4.48. The summed E-state index contributed by atoms with van der Waals surface area (Å²) in [5, 5.41) is 3.30. The van der Waals surface area contributed by atoms with Crippen LogP contribution in [0.2, 0.25) is 0 Å². The first kappa shape index (κ1) is 12.4. The molecule has 1 fully saturated rings. The predicted molar refractivity (Wildman–Crippen MR) is 80.7 cm³/mol. The number of hydrogen-bond acceptors (Lipinski definition) is 4. The molecule has 0 bridgehead atoms. The van der Waals surface area contributed by atoms with Crippen molar-refractivity contribution in [2.75, 3.05) is 18.0 Å². The van der Waals surface area contributed by atoms with E-state index in [1.165, 1.54) is 18.2 Å². The van der Waals surface area contributed by atoms with E-state index in [-0.39, 0.29) is 0 Å². The van der Waals surface area contributed by atoms with E-state index in [1.807, 2.05) is 0 Å². The second-order valence-electron chi connectivity index (χ2n) is 4.84. The molecule has 0 radical (unpaired) electrons. The molecule has 2 aromatic rings. The Morgan fingerprint density at radius 3 is 2.89 bits per heavy atom. The lowest BCUT2D eigenvalue weighted by atomic mass is 9.94. The first-order chi connectivity index (χ1) is 8.75. The van der Waals surface area contributed by atoms with Crippen LogP contribution in [0.1, 0.15) is 19.8 Å². The Morgan fingerprint density at radius 1 is 1.39 bits per heavy atom. The van der Waals surface area contributed by atoms with E-state index in [9.17, 15) is 0 Å². The van der Waals surface area contributed by atoms with Gasteiger partial charge in [-0.1, -0.05) is 22.9 Å². The lowest BCUT2D eigenvalue weighted by Gasteiger charge is -2.34. The first-order valence-corrected chi connectivity index (χ1v) is 8.12. The average Bonchev–Trinajstić information content (AvgIpc) is 2.87. The SMILES string of the molecule is CC(Br)C1CCN(c2ncnc3sccc23)CC1. The molecule has 1 saturated heterocycles. The fourth-order valence-corrected chi connectivity index (χ4v) is 3.86. The van der Waals surface area contributed by atoms with Crippen LogP contribution < -0.4 is 4.90 Å². The summed E-state index contributed by atoms with van der Waals surface area (Å²) in [5.41, 5.74) is 0. The molecule has 0 amide bonds. The average molecular weight is 326 g/mol. The molecule has 1 aliphatic rings. The van der Waals surface area contributed by atoms with E-state index >= 15 is 0 Å². The number of piperidine rings is 1. The number of anilines is 1. The smallest absolute Gasteiger partial charge is 0.140 e. The van der Waals surface area contributed by atoms with Gasteiger partial charge in [0.25, 0.3) is 0 Å². The topological polar surface area (TPSA) is 29.0 Å². The van der Waals surface area contributed by atoms with Gasteiger partial charge in [0.1, 0.15) is 17.0 Å². The number of alkyl halides is 1. The van der Waals surface area contributed by atoms with Crippen molar-refractivity contribution in [3.8, 4) is 0 Å². The minimum atomic E-state index is 0.617. The molecule has 0 aromatic carbocycles. The highest BCUT2D eigenvalue weighted by Crippen LogP contribution is 2.31. The number of halogens is 1. The molecule has 1 aliphatic heterocycles.